The number of aromatic nitrogens is 3. The monoisotopic (exact) mass is 485 g/mol. The Morgan fingerprint density at radius 2 is 1.13 bits per heavy atom. The zero-order valence-corrected chi connectivity index (χ0v) is 20.6. The molecule has 3 heteroatoms. The van der Waals surface area contributed by atoms with Crippen LogP contribution in [-0.4, -0.2) is 14.1 Å². The highest BCUT2D eigenvalue weighted by molar-refractivity contribution is 6.22. The molecule has 0 atom stereocenters. The summed E-state index contributed by atoms with van der Waals surface area (Å²) in [6.45, 7) is 0. The molecule has 0 unspecified atom stereocenters. The Balaban J connectivity index is 1.40. The first-order valence-corrected chi connectivity index (χ1v) is 12.9. The number of rotatable bonds is 3. The number of para-hydroxylation sites is 2. The van der Waals surface area contributed by atoms with E-state index in [0.29, 0.717) is 0 Å². The lowest BCUT2D eigenvalue weighted by Crippen LogP contribution is -1.98. The van der Waals surface area contributed by atoms with E-state index in [9.17, 15) is 0 Å². The number of hydrogen-bond donors (Lipinski definition) is 0. The van der Waals surface area contributed by atoms with Gasteiger partial charge in [-0.2, -0.15) is 0 Å². The van der Waals surface area contributed by atoms with Gasteiger partial charge in [-0.15, -0.1) is 0 Å². The second kappa shape index (κ2) is 8.19. The highest BCUT2D eigenvalue weighted by atomic mass is 15.1. The van der Waals surface area contributed by atoms with E-state index in [4.69, 9.17) is 4.98 Å². The SMILES string of the molecule is c1ccc(-c2ccc(-n3c4ccccc4c4ccc5c6ccn(-c7ccccc7)c6ccc5c43)nc2)cc1. The summed E-state index contributed by atoms with van der Waals surface area (Å²) in [6.07, 6.45) is 4.15. The molecule has 5 aromatic carbocycles. The molecule has 0 saturated carbocycles. The van der Waals surface area contributed by atoms with Gasteiger partial charge in [0.15, 0.2) is 0 Å². The largest absolute Gasteiger partial charge is 0.317 e. The van der Waals surface area contributed by atoms with Gasteiger partial charge in [0.25, 0.3) is 0 Å². The first kappa shape index (κ1) is 21.0. The van der Waals surface area contributed by atoms with Gasteiger partial charge in [0.2, 0.25) is 0 Å². The van der Waals surface area contributed by atoms with Crippen molar-refractivity contribution in [1.82, 2.24) is 14.1 Å². The molecule has 0 saturated heterocycles. The fourth-order valence-electron chi connectivity index (χ4n) is 5.86. The van der Waals surface area contributed by atoms with Crippen LogP contribution in [0.5, 0.6) is 0 Å². The Morgan fingerprint density at radius 1 is 0.447 bits per heavy atom. The van der Waals surface area contributed by atoms with Gasteiger partial charge in [0.05, 0.1) is 16.6 Å². The minimum Gasteiger partial charge on any atom is -0.317 e. The minimum atomic E-state index is 0.922. The Bertz CT molecular complexity index is 2100. The van der Waals surface area contributed by atoms with E-state index in [1.807, 2.05) is 12.3 Å². The van der Waals surface area contributed by atoms with Crippen molar-refractivity contribution in [1.29, 1.82) is 0 Å². The summed E-state index contributed by atoms with van der Waals surface area (Å²) >= 11 is 0. The smallest absolute Gasteiger partial charge is 0.137 e. The van der Waals surface area contributed by atoms with Crippen LogP contribution in [0.3, 0.4) is 0 Å². The van der Waals surface area contributed by atoms with Crippen molar-refractivity contribution in [3.63, 3.8) is 0 Å². The highest BCUT2D eigenvalue weighted by Gasteiger charge is 2.17. The number of benzene rings is 5. The molecule has 0 aliphatic carbocycles. The summed E-state index contributed by atoms with van der Waals surface area (Å²) in [5, 5.41) is 6.20. The fraction of sp³-hybridized carbons (Fsp3) is 0. The third kappa shape index (κ3) is 3.06. The van der Waals surface area contributed by atoms with Crippen LogP contribution in [0.1, 0.15) is 0 Å². The molecule has 8 rings (SSSR count). The van der Waals surface area contributed by atoms with Crippen molar-refractivity contribution >= 4 is 43.5 Å². The maximum absolute atomic E-state index is 4.97. The molecule has 0 N–H and O–H groups in total. The van der Waals surface area contributed by atoms with Crippen LogP contribution in [0.15, 0.2) is 140 Å². The summed E-state index contributed by atoms with van der Waals surface area (Å²) in [5.41, 5.74) is 7.01. The van der Waals surface area contributed by atoms with Crippen molar-refractivity contribution in [2.75, 3.05) is 0 Å². The summed E-state index contributed by atoms with van der Waals surface area (Å²) in [4.78, 5) is 4.97. The molecule has 178 valence electrons. The van der Waals surface area contributed by atoms with E-state index in [2.05, 4.69) is 137 Å². The van der Waals surface area contributed by atoms with Crippen molar-refractivity contribution in [2.24, 2.45) is 0 Å². The van der Waals surface area contributed by atoms with Crippen molar-refractivity contribution < 1.29 is 0 Å². The lowest BCUT2D eigenvalue weighted by molar-refractivity contribution is 1.08. The highest BCUT2D eigenvalue weighted by Crippen LogP contribution is 2.39. The Kier molecular flexibility index (Phi) is 4.52. The van der Waals surface area contributed by atoms with Crippen LogP contribution in [0.4, 0.5) is 0 Å². The topological polar surface area (TPSA) is 22.8 Å². The first-order valence-electron chi connectivity index (χ1n) is 12.9. The van der Waals surface area contributed by atoms with E-state index >= 15 is 0 Å². The van der Waals surface area contributed by atoms with Gasteiger partial charge in [-0.25, -0.2) is 4.98 Å². The molecule has 3 nitrogen and oxygen atoms in total. The molecule has 3 heterocycles. The lowest BCUT2D eigenvalue weighted by Gasteiger charge is -2.11. The van der Waals surface area contributed by atoms with Gasteiger partial charge in [-0.1, -0.05) is 84.9 Å². The molecule has 0 bridgehead atoms. The van der Waals surface area contributed by atoms with Crippen molar-refractivity contribution in [2.45, 2.75) is 0 Å². The fourth-order valence-corrected chi connectivity index (χ4v) is 5.86. The van der Waals surface area contributed by atoms with Gasteiger partial charge < -0.3 is 4.57 Å². The zero-order chi connectivity index (χ0) is 25.1. The third-order valence-electron chi connectivity index (χ3n) is 7.62. The number of nitrogens with zero attached hydrogens (tertiary/aromatic N) is 3. The lowest BCUT2D eigenvalue weighted by atomic mass is 10.0. The van der Waals surface area contributed by atoms with Crippen LogP contribution in [0.25, 0.3) is 66.1 Å². The van der Waals surface area contributed by atoms with Crippen molar-refractivity contribution in [3.05, 3.63) is 140 Å². The molecule has 0 amide bonds. The summed E-state index contributed by atoms with van der Waals surface area (Å²) in [6, 6.07) is 45.2. The second-order valence-corrected chi connectivity index (χ2v) is 9.70. The minimum absolute atomic E-state index is 0.922. The van der Waals surface area contributed by atoms with E-state index in [-0.39, 0.29) is 0 Å². The average Bonchev–Trinajstić information content (AvgIpc) is 3.58. The van der Waals surface area contributed by atoms with Gasteiger partial charge in [0.1, 0.15) is 5.82 Å². The predicted octanol–water partition coefficient (Wildman–Crippen LogP) is 8.94. The van der Waals surface area contributed by atoms with Crippen LogP contribution >= 0.6 is 0 Å². The maximum atomic E-state index is 4.97. The van der Waals surface area contributed by atoms with E-state index in [0.717, 1.165) is 16.9 Å². The maximum Gasteiger partial charge on any atom is 0.137 e. The average molecular weight is 486 g/mol. The molecule has 3 aromatic heterocycles. The molecule has 0 radical (unpaired) electrons. The molecule has 0 aliphatic rings. The Morgan fingerprint density at radius 3 is 1.95 bits per heavy atom. The van der Waals surface area contributed by atoms with E-state index < -0.39 is 0 Å². The van der Waals surface area contributed by atoms with E-state index in [1.165, 1.54) is 49.2 Å². The Hall–Kier alpha value is -5.15. The van der Waals surface area contributed by atoms with Gasteiger partial charge in [-0.3, -0.25) is 4.57 Å². The van der Waals surface area contributed by atoms with Crippen LogP contribution in [-0.2, 0) is 0 Å². The molecule has 0 spiro atoms. The molecule has 0 fully saturated rings. The standard InChI is InChI=1S/C35H23N3/c1-3-9-24(10-4-1)25-15-20-34(36-23-25)38-33-14-8-7-13-28(33)31-17-16-27-29-21-22-37(26-11-5-2-6-12-26)32(29)19-18-30(27)35(31)38/h1-23H. The van der Waals surface area contributed by atoms with Gasteiger partial charge in [-0.05, 0) is 53.4 Å². The summed E-state index contributed by atoms with van der Waals surface area (Å²) in [5.74, 6) is 0.922. The zero-order valence-electron chi connectivity index (χ0n) is 20.6. The molecule has 0 aliphatic heterocycles. The quantitative estimate of drug-likeness (QED) is 0.245. The molecule has 8 aromatic rings. The van der Waals surface area contributed by atoms with Gasteiger partial charge >= 0.3 is 0 Å². The number of hydrogen-bond acceptors (Lipinski definition) is 1. The van der Waals surface area contributed by atoms with Crippen LogP contribution in [0, 0.1) is 0 Å². The van der Waals surface area contributed by atoms with Crippen LogP contribution in [0.2, 0.25) is 0 Å². The molecular weight excluding hydrogens is 462 g/mol. The first-order chi connectivity index (χ1) is 18.9. The van der Waals surface area contributed by atoms with Gasteiger partial charge in [0, 0.05) is 45.2 Å². The predicted molar refractivity (Wildman–Crippen MR) is 158 cm³/mol. The van der Waals surface area contributed by atoms with Crippen LogP contribution < -0.4 is 0 Å². The Labute approximate surface area is 219 Å². The molecule has 38 heavy (non-hydrogen) atoms. The number of pyridine rings is 1. The summed E-state index contributed by atoms with van der Waals surface area (Å²) < 4.78 is 4.58. The normalized spacial score (nSPS) is 11.7. The number of fused-ring (bicyclic) bond motifs is 7. The van der Waals surface area contributed by atoms with E-state index in [1.54, 1.807) is 0 Å². The third-order valence-corrected chi connectivity index (χ3v) is 7.62. The summed E-state index contributed by atoms with van der Waals surface area (Å²) in [7, 11) is 0. The second-order valence-electron chi connectivity index (χ2n) is 9.70. The molecular formula is C35H23N3. The van der Waals surface area contributed by atoms with Crippen molar-refractivity contribution in [3.8, 4) is 22.6 Å².